The van der Waals surface area contributed by atoms with Crippen LogP contribution in [-0.2, 0) is 10.0 Å². The van der Waals surface area contributed by atoms with Crippen molar-refractivity contribution in [3.05, 3.63) is 17.3 Å². The average molecular weight is 319 g/mol. The maximum absolute atomic E-state index is 12.8. The highest BCUT2D eigenvalue weighted by Crippen LogP contribution is 2.29. The maximum Gasteiger partial charge on any atom is 0.247 e. The van der Waals surface area contributed by atoms with Gasteiger partial charge in [-0.05, 0) is 25.8 Å². The van der Waals surface area contributed by atoms with Crippen molar-refractivity contribution in [3.8, 4) is 0 Å². The van der Waals surface area contributed by atoms with Gasteiger partial charge in [0.2, 0.25) is 10.0 Å². The Morgan fingerprint density at radius 3 is 2.85 bits per heavy atom. The highest BCUT2D eigenvalue weighted by molar-refractivity contribution is 7.89. The van der Waals surface area contributed by atoms with Crippen molar-refractivity contribution in [1.29, 1.82) is 0 Å². The van der Waals surface area contributed by atoms with Crippen molar-refractivity contribution < 1.29 is 8.42 Å². The topological polar surface area (TPSA) is 102 Å². The van der Waals surface area contributed by atoms with E-state index in [1.54, 1.807) is 0 Å². The molecule has 8 heteroatoms. The Balaban J connectivity index is 2.45. The Labute approximate surface area is 124 Å². The molecule has 0 spiro atoms. The van der Waals surface area contributed by atoms with Crippen LogP contribution in [-0.4, -0.2) is 36.3 Å². The molecule has 1 aliphatic rings. The minimum Gasteiger partial charge on any atom is -0.383 e. The third-order valence-electron chi connectivity index (χ3n) is 3.54. The molecule has 6 nitrogen and oxygen atoms in total. The van der Waals surface area contributed by atoms with E-state index in [0.717, 1.165) is 19.3 Å². The van der Waals surface area contributed by atoms with Crippen LogP contribution in [0.25, 0.3) is 0 Å². The molecule has 0 aliphatic carbocycles. The third-order valence-corrected chi connectivity index (χ3v) is 5.70. The first kappa shape index (κ1) is 15.5. The zero-order chi connectivity index (χ0) is 14.9. The van der Waals surface area contributed by atoms with Gasteiger partial charge in [0.05, 0.1) is 5.02 Å². The summed E-state index contributed by atoms with van der Waals surface area (Å²) in [5.74, 6) is -0.0385. The minimum atomic E-state index is -3.73. The molecule has 1 aliphatic heterocycles. The normalized spacial score (nSPS) is 22.6. The molecule has 1 saturated heterocycles. The van der Waals surface area contributed by atoms with Crippen molar-refractivity contribution in [2.24, 2.45) is 5.73 Å². The first-order chi connectivity index (χ1) is 9.34. The molecule has 4 N–H and O–H groups in total. The molecule has 0 saturated carbocycles. The van der Waals surface area contributed by atoms with Gasteiger partial charge < -0.3 is 11.5 Å². The predicted octanol–water partition coefficient (Wildman–Crippen LogP) is 1.21. The minimum absolute atomic E-state index is 0.0385. The molecule has 2 heterocycles. The number of sulfonamides is 1. The first-order valence-corrected chi connectivity index (χ1v) is 8.34. The second-order valence-electron chi connectivity index (χ2n) is 5.07. The molecule has 0 radical (unpaired) electrons. The Kier molecular flexibility index (Phi) is 4.53. The van der Waals surface area contributed by atoms with E-state index in [-0.39, 0.29) is 27.8 Å². The van der Waals surface area contributed by atoms with Crippen LogP contribution in [0.3, 0.4) is 0 Å². The molecule has 1 aromatic rings. The summed E-state index contributed by atoms with van der Waals surface area (Å²) in [5, 5.41) is 0.243. The fraction of sp³-hybridized carbons (Fsp3) is 0.583. The van der Waals surface area contributed by atoms with Crippen molar-refractivity contribution in [3.63, 3.8) is 0 Å². The van der Waals surface area contributed by atoms with E-state index < -0.39 is 10.0 Å². The number of nitrogens with zero attached hydrogens (tertiary/aromatic N) is 2. The molecule has 2 rings (SSSR count). The van der Waals surface area contributed by atoms with E-state index in [9.17, 15) is 8.42 Å². The van der Waals surface area contributed by atoms with E-state index in [0.29, 0.717) is 6.54 Å². The summed E-state index contributed by atoms with van der Waals surface area (Å²) in [6, 6.07) is 0.886. The van der Waals surface area contributed by atoms with Crippen LogP contribution < -0.4 is 11.5 Å². The second kappa shape index (κ2) is 5.85. The molecule has 2 atom stereocenters. The second-order valence-corrected chi connectivity index (χ2v) is 7.37. The number of aromatic nitrogens is 1. The van der Waals surface area contributed by atoms with Gasteiger partial charge in [0.15, 0.2) is 0 Å². The highest BCUT2D eigenvalue weighted by atomic mass is 35.5. The molecule has 0 amide bonds. The number of hydrogen-bond acceptors (Lipinski definition) is 5. The van der Waals surface area contributed by atoms with Crippen molar-refractivity contribution in [2.75, 3.05) is 12.3 Å². The third kappa shape index (κ3) is 2.90. The lowest BCUT2D eigenvalue weighted by Gasteiger charge is -2.36. The predicted molar refractivity (Wildman–Crippen MR) is 78.8 cm³/mol. The van der Waals surface area contributed by atoms with E-state index >= 15 is 0 Å². The molecular formula is C12H19ClN4O2S. The molecule has 0 unspecified atom stereocenters. The fourth-order valence-electron chi connectivity index (χ4n) is 2.52. The molecule has 0 bridgehead atoms. The molecule has 20 heavy (non-hydrogen) atoms. The van der Waals surface area contributed by atoms with Gasteiger partial charge in [0.25, 0.3) is 0 Å². The Hall–Kier alpha value is -0.890. The number of rotatable bonds is 3. The number of hydrogen-bond donors (Lipinski definition) is 2. The van der Waals surface area contributed by atoms with Gasteiger partial charge in [0, 0.05) is 24.8 Å². The molecule has 112 valence electrons. The molecule has 1 aromatic heterocycles. The molecule has 0 aromatic carbocycles. The number of halogens is 1. The lowest BCUT2D eigenvalue weighted by Crippen LogP contribution is -2.51. The number of pyridine rings is 1. The monoisotopic (exact) mass is 318 g/mol. The largest absolute Gasteiger partial charge is 0.383 e. The summed E-state index contributed by atoms with van der Waals surface area (Å²) in [7, 11) is -3.73. The maximum atomic E-state index is 12.8. The zero-order valence-corrected chi connectivity index (χ0v) is 12.9. The van der Waals surface area contributed by atoms with Crippen LogP contribution in [0, 0.1) is 0 Å². The number of nitrogens with two attached hydrogens (primary N) is 2. The van der Waals surface area contributed by atoms with Gasteiger partial charge in [-0.1, -0.05) is 18.0 Å². The summed E-state index contributed by atoms with van der Waals surface area (Å²) < 4.78 is 27.0. The fourth-order valence-corrected chi connectivity index (χ4v) is 4.61. The molecule has 1 fully saturated rings. The summed E-state index contributed by atoms with van der Waals surface area (Å²) in [5.41, 5.74) is 11.6. The Bertz CT molecular complexity index is 591. The SMILES string of the molecule is C[C@H](N)[C@H]1CCCCN1S(=O)(=O)c1cc(Cl)cnc1N. The van der Waals surface area contributed by atoms with Gasteiger partial charge in [-0.3, -0.25) is 0 Å². The Morgan fingerprint density at radius 1 is 1.50 bits per heavy atom. The van der Waals surface area contributed by atoms with Gasteiger partial charge >= 0.3 is 0 Å². The van der Waals surface area contributed by atoms with E-state index in [1.807, 2.05) is 6.92 Å². The number of nitrogen functional groups attached to an aromatic ring is 1. The Morgan fingerprint density at radius 2 is 2.20 bits per heavy atom. The van der Waals surface area contributed by atoms with Crippen molar-refractivity contribution in [2.45, 2.75) is 43.2 Å². The van der Waals surface area contributed by atoms with Gasteiger partial charge in [-0.25, -0.2) is 13.4 Å². The average Bonchev–Trinajstić information content (AvgIpc) is 2.41. The van der Waals surface area contributed by atoms with Crippen LogP contribution in [0.1, 0.15) is 26.2 Å². The first-order valence-electron chi connectivity index (χ1n) is 6.52. The van der Waals surface area contributed by atoms with Crippen molar-refractivity contribution >= 4 is 27.4 Å². The zero-order valence-electron chi connectivity index (χ0n) is 11.3. The summed E-state index contributed by atoms with van der Waals surface area (Å²) in [4.78, 5) is 3.77. The lowest BCUT2D eigenvalue weighted by molar-refractivity contribution is 0.227. The van der Waals surface area contributed by atoms with E-state index in [2.05, 4.69) is 4.98 Å². The van der Waals surface area contributed by atoms with Crippen molar-refractivity contribution in [1.82, 2.24) is 9.29 Å². The van der Waals surface area contributed by atoms with Crippen LogP contribution in [0.15, 0.2) is 17.2 Å². The van der Waals surface area contributed by atoms with E-state index in [1.165, 1.54) is 16.6 Å². The summed E-state index contributed by atoms with van der Waals surface area (Å²) in [6.45, 7) is 2.26. The number of piperidine rings is 1. The van der Waals surface area contributed by atoms with Crippen LogP contribution in [0.4, 0.5) is 5.82 Å². The number of anilines is 1. The van der Waals surface area contributed by atoms with Gasteiger partial charge in [-0.2, -0.15) is 4.31 Å². The standard InChI is InChI=1S/C12H19ClN4O2S/c1-8(14)10-4-2-3-5-17(10)20(18,19)11-6-9(13)7-16-12(11)15/h6-8,10H,2-5,14H2,1H3,(H2,15,16)/t8-,10+/m0/s1. The summed E-state index contributed by atoms with van der Waals surface area (Å²) >= 11 is 5.84. The van der Waals surface area contributed by atoms with E-state index in [4.69, 9.17) is 23.1 Å². The van der Waals surface area contributed by atoms with Gasteiger partial charge in [0.1, 0.15) is 10.7 Å². The van der Waals surface area contributed by atoms with Gasteiger partial charge in [-0.15, -0.1) is 0 Å². The smallest absolute Gasteiger partial charge is 0.247 e. The highest BCUT2D eigenvalue weighted by Gasteiger charge is 2.36. The molecular weight excluding hydrogens is 300 g/mol. The quantitative estimate of drug-likeness (QED) is 0.872. The van der Waals surface area contributed by atoms with Crippen LogP contribution >= 0.6 is 11.6 Å². The summed E-state index contributed by atoms with van der Waals surface area (Å²) in [6.07, 6.45) is 3.87. The van der Waals surface area contributed by atoms with Crippen LogP contribution in [0.2, 0.25) is 5.02 Å². The lowest BCUT2D eigenvalue weighted by atomic mass is 10.00. The van der Waals surface area contributed by atoms with Crippen LogP contribution in [0.5, 0.6) is 0 Å².